The van der Waals surface area contributed by atoms with Crippen LogP contribution in [0.5, 0.6) is 5.75 Å². The van der Waals surface area contributed by atoms with Crippen LogP contribution in [0.25, 0.3) is 0 Å². The zero-order valence-corrected chi connectivity index (χ0v) is 6.50. The summed E-state index contributed by atoms with van der Waals surface area (Å²) in [5.74, 6) is -0.631. The molecule has 66 valence electrons. The number of halogens is 1. The lowest BCUT2D eigenvalue weighted by Crippen LogP contribution is -2.21. The monoisotopic (exact) mass is 170 g/mol. The lowest BCUT2D eigenvalue weighted by Gasteiger charge is -2.09. The first-order valence-corrected chi connectivity index (χ1v) is 3.59. The molecule has 0 spiro atoms. The van der Waals surface area contributed by atoms with E-state index in [4.69, 9.17) is 16.6 Å². The molecular weight excluding hydrogens is 159 g/mol. The van der Waals surface area contributed by atoms with E-state index < -0.39 is 11.9 Å². The average Bonchev–Trinajstić information content (AvgIpc) is 2.03. The predicted molar refractivity (Wildman–Crippen MR) is 44.0 cm³/mol. The van der Waals surface area contributed by atoms with E-state index in [2.05, 4.69) is 0 Å². The van der Waals surface area contributed by atoms with Crippen molar-refractivity contribution in [1.29, 1.82) is 0 Å². The van der Waals surface area contributed by atoms with Gasteiger partial charge >= 0.3 is 0 Å². The van der Waals surface area contributed by atoms with Crippen LogP contribution in [0, 0.1) is 5.82 Å². The number of aromatic hydroxyl groups is 1. The number of phenols is 1. The van der Waals surface area contributed by atoms with E-state index >= 15 is 0 Å². The fourth-order valence-corrected chi connectivity index (χ4v) is 0.944. The molecule has 0 amide bonds. The molecule has 0 aromatic heterocycles. The first kappa shape index (κ1) is 8.96. The van der Waals surface area contributed by atoms with Crippen LogP contribution in [0.15, 0.2) is 18.2 Å². The van der Waals surface area contributed by atoms with Gasteiger partial charge in [-0.3, -0.25) is 0 Å². The van der Waals surface area contributed by atoms with Crippen LogP contribution >= 0.6 is 0 Å². The zero-order chi connectivity index (χ0) is 9.14. The maximum absolute atomic E-state index is 13.0. The average molecular weight is 170 g/mol. The van der Waals surface area contributed by atoms with Crippen molar-refractivity contribution in [3.05, 3.63) is 29.6 Å². The van der Waals surface area contributed by atoms with Crippen molar-refractivity contribution < 1.29 is 9.50 Å². The molecule has 0 aliphatic carbocycles. The van der Waals surface area contributed by atoms with Gasteiger partial charge in [0.25, 0.3) is 0 Å². The fraction of sp³-hybridized carbons (Fsp3) is 0.250. The van der Waals surface area contributed by atoms with Crippen molar-refractivity contribution in [3.8, 4) is 5.75 Å². The standard InChI is InChI=1S/C8H11FN2O/c9-7-3-5(12)1-2-6(7)8(11)4-10/h1-3,8,12H,4,10-11H2/t8-/m0/s1. The first-order valence-electron chi connectivity index (χ1n) is 3.59. The summed E-state index contributed by atoms with van der Waals surface area (Å²) >= 11 is 0. The molecule has 1 aromatic rings. The van der Waals surface area contributed by atoms with Crippen molar-refractivity contribution in [3.63, 3.8) is 0 Å². The van der Waals surface area contributed by atoms with E-state index in [1.807, 2.05) is 0 Å². The van der Waals surface area contributed by atoms with Crippen molar-refractivity contribution in [2.75, 3.05) is 6.54 Å². The normalized spacial score (nSPS) is 12.9. The second-order valence-electron chi connectivity index (χ2n) is 2.55. The molecule has 0 unspecified atom stereocenters. The van der Waals surface area contributed by atoms with E-state index in [1.54, 1.807) is 0 Å². The predicted octanol–water partition coefficient (Wildman–Crippen LogP) is 0.490. The van der Waals surface area contributed by atoms with Crippen LogP contribution in [0.3, 0.4) is 0 Å². The molecular formula is C8H11FN2O. The summed E-state index contributed by atoms with van der Waals surface area (Å²) in [6, 6.07) is 3.33. The van der Waals surface area contributed by atoms with Gasteiger partial charge in [0, 0.05) is 24.2 Å². The Labute approximate surface area is 69.8 Å². The SMILES string of the molecule is NC[C@H](N)c1ccc(O)cc1F. The Balaban J connectivity index is 3.01. The third-order valence-electron chi connectivity index (χ3n) is 1.64. The first-order chi connectivity index (χ1) is 5.65. The Hall–Kier alpha value is -1.13. The van der Waals surface area contributed by atoms with Crippen LogP contribution in [-0.4, -0.2) is 11.7 Å². The zero-order valence-electron chi connectivity index (χ0n) is 6.50. The summed E-state index contributed by atoms with van der Waals surface area (Å²) in [6.07, 6.45) is 0. The van der Waals surface area contributed by atoms with E-state index in [0.29, 0.717) is 5.56 Å². The van der Waals surface area contributed by atoms with Gasteiger partial charge < -0.3 is 16.6 Å². The van der Waals surface area contributed by atoms with E-state index in [9.17, 15) is 4.39 Å². The largest absolute Gasteiger partial charge is 0.508 e. The molecule has 0 radical (unpaired) electrons. The summed E-state index contributed by atoms with van der Waals surface area (Å²) in [7, 11) is 0. The minimum absolute atomic E-state index is 0.111. The van der Waals surface area contributed by atoms with Crippen molar-refractivity contribution in [2.24, 2.45) is 11.5 Å². The number of nitrogens with two attached hydrogens (primary N) is 2. The number of hydrogen-bond acceptors (Lipinski definition) is 3. The molecule has 0 heterocycles. The molecule has 3 nitrogen and oxygen atoms in total. The third-order valence-corrected chi connectivity index (χ3v) is 1.64. The third kappa shape index (κ3) is 1.72. The highest BCUT2D eigenvalue weighted by molar-refractivity contribution is 5.29. The highest BCUT2D eigenvalue weighted by atomic mass is 19.1. The molecule has 1 rings (SSSR count). The van der Waals surface area contributed by atoms with Gasteiger partial charge in [0.2, 0.25) is 0 Å². The van der Waals surface area contributed by atoms with Gasteiger partial charge in [-0.15, -0.1) is 0 Å². The second-order valence-corrected chi connectivity index (χ2v) is 2.55. The summed E-state index contributed by atoms with van der Waals surface area (Å²) in [5.41, 5.74) is 11.1. The molecule has 12 heavy (non-hydrogen) atoms. The summed E-state index contributed by atoms with van der Waals surface area (Å²) in [4.78, 5) is 0. The molecule has 0 saturated heterocycles. The smallest absolute Gasteiger partial charge is 0.131 e. The maximum atomic E-state index is 13.0. The Bertz CT molecular complexity index is 278. The Morgan fingerprint density at radius 3 is 2.67 bits per heavy atom. The molecule has 5 N–H and O–H groups in total. The van der Waals surface area contributed by atoms with Crippen LogP contribution in [0.2, 0.25) is 0 Å². The van der Waals surface area contributed by atoms with Gasteiger partial charge in [-0.1, -0.05) is 6.07 Å². The lowest BCUT2D eigenvalue weighted by molar-refractivity contribution is 0.466. The Morgan fingerprint density at radius 1 is 1.50 bits per heavy atom. The van der Waals surface area contributed by atoms with Crippen molar-refractivity contribution >= 4 is 0 Å². The van der Waals surface area contributed by atoms with Crippen LogP contribution in [0.4, 0.5) is 4.39 Å². The molecule has 1 atom stereocenters. The van der Waals surface area contributed by atoms with Gasteiger partial charge in [-0.25, -0.2) is 4.39 Å². The number of benzene rings is 1. The summed E-state index contributed by atoms with van der Waals surface area (Å²) in [6.45, 7) is 0.182. The van der Waals surface area contributed by atoms with Gasteiger partial charge in [0.15, 0.2) is 0 Å². The number of phenolic OH excluding ortho intramolecular Hbond substituents is 1. The van der Waals surface area contributed by atoms with Crippen molar-refractivity contribution in [1.82, 2.24) is 0 Å². The molecule has 0 aliphatic heterocycles. The Morgan fingerprint density at radius 2 is 2.17 bits per heavy atom. The molecule has 0 bridgehead atoms. The Kier molecular flexibility index (Phi) is 2.62. The molecule has 4 heteroatoms. The number of rotatable bonds is 2. The van der Waals surface area contributed by atoms with Crippen LogP contribution in [0.1, 0.15) is 11.6 Å². The molecule has 0 saturated carbocycles. The quantitative estimate of drug-likeness (QED) is 0.604. The maximum Gasteiger partial charge on any atom is 0.131 e. The van der Waals surface area contributed by atoms with Crippen molar-refractivity contribution in [2.45, 2.75) is 6.04 Å². The number of hydrogen-bond donors (Lipinski definition) is 3. The topological polar surface area (TPSA) is 72.3 Å². The van der Waals surface area contributed by atoms with Gasteiger partial charge in [0.05, 0.1) is 0 Å². The van der Waals surface area contributed by atoms with E-state index in [1.165, 1.54) is 12.1 Å². The van der Waals surface area contributed by atoms with Crippen LogP contribution in [-0.2, 0) is 0 Å². The van der Waals surface area contributed by atoms with E-state index in [-0.39, 0.29) is 12.3 Å². The van der Waals surface area contributed by atoms with E-state index in [0.717, 1.165) is 6.07 Å². The highest BCUT2D eigenvalue weighted by Crippen LogP contribution is 2.18. The van der Waals surface area contributed by atoms with Gasteiger partial charge in [-0.05, 0) is 6.07 Å². The lowest BCUT2D eigenvalue weighted by atomic mass is 10.1. The fourth-order valence-electron chi connectivity index (χ4n) is 0.944. The molecule has 1 aromatic carbocycles. The molecule has 0 aliphatic rings. The van der Waals surface area contributed by atoms with Crippen LogP contribution < -0.4 is 11.5 Å². The van der Waals surface area contributed by atoms with Gasteiger partial charge in [-0.2, -0.15) is 0 Å². The van der Waals surface area contributed by atoms with Gasteiger partial charge in [0.1, 0.15) is 11.6 Å². The second kappa shape index (κ2) is 3.51. The summed E-state index contributed by atoms with van der Waals surface area (Å²) in [5, 5.41) is 8.88. The minimum atomic E-state index is -0.520. The summed E-state index contributed by atoms with van der Waals surface area (Å²) < 4.78 is 13.0. The minimum Gasteiger partial charge on any atom is -0.508 e. The highest BCUT2D eigenvalue weighted by Gasteiger charge is 2.09. The molecule has 0 fully saturated rings.